The molecule has 0 aromatic heterocycles. The summed E-state index contributed by atoms with van der Waals surface area (Å²) in [7, 11) is 0. The number of carbonyl (C=O) groups excluding carboxylic acids is 2. The molecule has 2 saturated carbocycles. The Kier molecular flexibility index (Phi) is 6.08. The summed E-state index contributed by atoms with van der Waals surface area (Å²) >= 11 is 0. The highest BCUT2D eigenvalue weighted by Crippen LogP contribution is 2.28. The summed E-state index contributed by atoms with van der Waals surface area (Å²) in [6, 6.07) is 7.51. The van der Waals surface area contributed by atoms with Crippen molar-refractivity contribution in [3.63, 3.8) is 0 Å². The molecule has 0 unspecified atom stereocenters. The largest absolute Gasteiger partial charge is 0.392 e. The minimum absolute atomic E-state index is 0.00239. The van der Waals surface area contributed by atoms with Gasteiger partial charge in [0.2, 0.25) is 11.8 Å². The SMILES string of the molecule is O=C(Nc1cccc(CO)c1)C1CCC(NC(=O)C2CCCC2)CC1. The second-order valence-electron chi connectivity index (χ2n) is 7.39. The van der Waals surface area contributed by atoms with Crippen molar-refractivity contribution in [2.45, 2.75) is 64.0 Å². The number of nitrogens with one attached hydrogen (secondary N) is 2. The van der Waals surface area contributed by atoms with Crippen LogP contribution in [0.4, 0.5) is 5.69 Å². The molecular weight excluding hydrogens is 316 g/mol. The van der Waals surface area contributed by atoms with E-state index in [-0.39, 0.29) is 36.3 Å². The number of aliphatic hydroxyl groups excluding tert-OH is 1. The molecule has 3 rings (SSSR count). The van der Waals surface area contributed by atoms with Gasteiger partial charge in [0.05, 0.1) is 6.61 Å². The maximum Gasteiger partial charge on any atom is 0.227 e. The Morgan fingerprint density at radius 3 is 2.32 bits per heavy atom. The standard InChI is InChI=1S/C20H28N2O3/c23-13-14-4-3-7-18(12-14)22-20(25)16-8-10-17(11-9-16)21-19(24)15-5-1-2-6-15/h3-4,7,12,15-17,23H,1-2,5-6,8-11,13H2,(H,21,24)(H,22,25). The highest BCUT2D eigenvalue weighted by molar-refractivity contribution is 5.92. The van der Waals surface area contributed by atoms with Crippen molar-refractivity contribution in [3.05, 3.63) is 29.8 Å². The second kappa shape index (κ2) is 8.48. The van der Waals surface area contributed by atoms with Crippen molar-refractivity contribution in [2.24, 2.45) is 11.8 Å². The first-order valence-electron chi connectivity index (χ1n) is 9.46. The van der Waals surface area contributed by atoms with E-state index in [1.54, 1.807) is 6.07 Å². The van der Waals surface area contributed by atoms with Gasteiger partial charge in [0.25, 0.3) is 0 Å². The number of amides is 2. The van der Waals surface area contributed by atoms with Gasteiger partial charge in [-0.1, -0.05) is 25.0 Å². The first kappa shape index (κ1) is 17.9. The van der Waals surface area contributed by atoms with Gasteiger partial charge in [0, 0.05) is 23.6 Å². The second-order valence-corrected chi connectivity index (χ2v) is 7.39. The van der Waals surface area contributed by atoms with Crippen molar-refractivity contribution in [1.29, 1.82) is 0 Å². The zero-order valence-corrected chi connectivity index (χ0v) is 14.7. The molecular formula is C20H28N2O3. The Balaban J connectivity index is 1.44. The van der Waals surface area contributed by atoms with Gasteiger partial charge in [0.15, 0.2) is 0 Å². The number of aliphatic hydroxyl groups is 1. The zero-order chi connectivity index (χ0) is 17.6. The fraction of sp³-hybridized carbons (Fsp3) is 0.600. The summed E-state index contributed by atoms with van der Waals surface area (Å²) in [5.74, 6) is 0.458. The summed E-state index contributed by atoms with van der Waals surface area (Å²) in [6.45, 7) is -0.0322. The molecule has 5 heteroatoms. The van der Waals surface area contributed by atoms with Crippen LogP contribution in [0.3, 0.4) is 0 Å². The van der Waals surface area contributed by atoms with Gasteiger partial charge in [-0.2, -0.15) is 0 Å². The fourth-order valence-corrected chi connectivity index (χ4v) is 4.00. The Morgan fingerprint density at radius 1 is 0.960 bits per heavy atom. The van der Waals surface area contributed by atoms with Crippen LogP contribution >= 0.6 is 0 Å². The van der Waals surface area contributed by atoms with E-state index < -0.39 is 0 Å². The van der Waals surface area contributed by atoms with E-state index in [1.807, 2.05) is 18.2 Å². The van der Waals surface area contributed by atoms with E-state index in [2.05, 4.69) is 10.6 Å². The fourth-order valence-electron chi connectivity index (χ4n) is 4.00. The zero-order valence-electron chi connectivity index (χ0n) is 14.7. The quantitative estimate of drug-likeness (QED) is 0.768. The molecule has 2 aliphatic rings. The summed E-state index contributed by atoms with van der Waals surface area (Å²) in [4.78, 5) is 24.7. The molecule has 0 radical (unpaired) electrons. The molecule has 3 N–H and O–H groups in total. The average molecular weight is 344 g/mol. The van der Waals surface area contributed by atoms with Crippen molar-refractivity contribution in [1.82, 2.24) is 5.32 Å². The van der Waals surface area contributed by atoms with Crippen LogP contribution in [0.1, 0.15) is 56.9 Å². The van der Waals surface area contributed by atoms with Crippen molar-refractivity contribution in [3.8, 4) is 0 Å². The maximum atomic E-state index is 12.4. The lowest BCUT2D eigenvalue weighted by atomic mass is 9.85. The van der Waals surface area contributed by atoms with E-state index in [0.717, 1.165) is 49.8 Å². The molecule has 0 spiro atoms. The average Bonchev–Trinajstić information content (AvgIpc) is 3.17. The van der Waals surface area contributed by atoms with Gasteiger partial charge in [-0.3, -0.25) is 9.59 Å². The number of rotatable bonds is 5. The Labute approximate surface area is 149 Å². The molecule has 2 amide bonds. The lowest BCUT2D eigenvalue weighted by Gasteiger charge is -2.29. The van der Waals surface area contributed by atoms with Crippen molar-refractivity contribution >= 4 is 17.5 Å². The maximum absolute atomic E-state index is 12.4. The van der Waals surface area contributed by atoms with Gasteiger partial charge in [-0.15, -0.1) is 0 Å². The summed E-state index contributed by atoms with van der Waals surface area (Å²) < 4.78 is 0. The van der Waals surface area contributed by atoms with Gasteiger partial charge in [-0.05, 0) is 56.2 Å². The third kappa shape index (κ3) is 4.82. The van der Waals surface area contributed by atoms with Gasteiger partial charge in [0.1, 0.15) is 0 Å². The summed E-state index contributed by atoms with van der Waals surface area (Å²) in [5, 5.41) is 15.3. The van der Waals surface area contributed by atoms with Crippen LogP contribution in [0.5, 0.6) is 0 Å². The molecule has 136 valence electrons. The van der Waals surface area contributed by atoms with E-state index in [9.17, 15) is 14.7 Å². The number of hydrogen-bond acceptors (Lipinski definition) is 3. The number of benzene rings is 1. The third-order valence-electron chi connectivity index (χ3n) is 5.55. The van der Waals surface area contributed by atoms with Crippen molar-refractivity contribution < 1.29 is 14.7 Å². The van der Waals surface area contributed by atoms with E-state index >= 15 is 0 Å². The van der Waals surface area contributed by atoms with Gasteiger partial charge >= 0.3 is 0 Å². The first-order chi connectivity index (χ1) is 12.2. The molecule has 5 nitrogen and oxygen atoms in total. The highest BCUT2D eigenvalue weighted by atomic mass is 16.3. The smallest absolute Gasteiger partial charge is 0.227 e. The lowest BCUT2D eigenvalue weighted by molar-refractivity contribution is -0.125. The highest BCUT2D eigenvalue weighted by Gasteiger charge is 2.29. The molecule has 25 heavy (non-hydrogen) atoms. The molecule has 0 aliphatic heterocycles. The minimum atomic E-state index is -0.0322. The molecule has 0 bridgehead atoms. The number of carbonyl (C=O) groups is 2. The van der Waals surface area contributed by atoms with Crippen LogP contribution in [0, 0.1) is 11.8 Å². The van der Waals surface area contributed by atoms with Crippen LogP contribution in [-0.4, -0.2) is 23.0 Å². The normalized spacial score (nSPS) is 24.0. The van der Waals surface area contributed by atoms with Gasteiger partial charge < -0.3 is 15.7 Å². The van der Waals surface area contributed by atoms with Crippen LogP contribution in [0.2, 0.25) is 0 Å². The first-order valence-corrected chi connectivity index (χ1v) is 9.46. The predicted molar refractivity (Wildman–Crippen MR) is 96.8 cm³/mol. The Morgan fingerprint density at radius 2 is 1.64 bits per heavy atom. The summed E-state index contributed by atoms with van der Waals surface area (Å²) in [6.07, 6.45) is 7.74. The molecule has 0 saturated heterocycles. The molecule has 2 fully saturated rings. The van der Waals surface area contributed by atoms with Crippen LogP contribution in [-0.2, 0) is 16.2 Å². The monoisotopic (exact) mass is 344 g/mol. The number of anilines is 1. The van der Waals surface area contributed by atoms with Crippen molar-refractivity contribution in [2.75, 3.05) is 5.32 Å². The lowest BCUT2D eigenvalue weighted by Crippen LogP contribution is -2.41. The Bertz CT molecular complexity index is 603. The van der Waals surface area contributed by atoms with Gasteiger partial charge in [-0.25, -0.2) is 0 Å². The number of hydrogen-bond donors (Lipinski definition) is 3. The Hall–Kier alpha value is -1.88. The van der Waals surface area contributed by atoms with Crippen LogP contribution in [0.25, 0.3) is 0 Å². The van der Waals surface area contributed by atoms with Crippen LogP contribution < -0.4 is 10.6 Å². The predicted octanol–water partition coefficient (Wildman–Crippen LogP) is 2.98. The van der Waals surface area contributed by atoms with E-state index in [0.29, 0.717) is 0 Å². The topological polar surface area (TPSA) is 78.4 Å². The van der Waals surface area contributed by atoms with E-state index in [1.165, 1.54) is 12.8 Å². The summed E-state index contributed by atoms with van der Waals surface area (Å²) in [5.41, 5.74) is 1.52. The molecule has 0 atom stereocenters. The minimum Gasteiger partial charge on any atom is -0.392 e. The molecule has 1 aromatic rings. The van der Waals surface area contributed by atoms with Crippen LogP contribution in [0.15, 0.2) is 24.3 Å². The molecule has 0 heterocycles. The molecule has 1 aromatic carbocycles. The third-order valence-corrected chi connectivity index (χ3v) is 5.55. The van der Waals surface area contributed by atoms with E-state index in [4.69, 9.17) is 0 Å². The molecule has 2 aliphatic carbocycles.